The van der Waals surface area contributed by atoms with E-state index in [0.29, 0.717) is 17.3 Å². The molecule has 7 heteroatoms. The van der Waals surface area contributed by atoms with E-state index in [1.54, 1.807) is 17.9 Å². The number of nitrogens with zero attached hydrogens (tertiary/aromatic N) is 4. The number of carbonyl (C=O) groups is 1. The Bertz CT molecular complexity index is 866. The third-order valence-electron chi connectivity index (χ3n) is 4.49. The monoisotopic (exact) mass is 343 g/mol. The van der Waals surface area contributed by atoms with E-state index < -0.39 is 0 Å². The maximum atomic E-state index is 12.7. The Morgan fingerprint density at radius 1 is 1.38 bits per heavy atom. The Morgan fingerprint density at radius 3 is 2.96 bits per heavy atom. The molecule has 1 aromatic carbocycles. The second-order valence-corrected chi connectivity index (χ2v) is 6.64. The van der Waals surface area contributed by atoms with Crippen LogP contribution in [0.15, 0.2) is 30.5 Å². The molecule has 1 unspecified atom stereocenters. The number of aryl methyl sites for hydroxylation is 1. The lowest BCUT2D eigenvalue weighted by Crippen LogP contribution is -2.39. The zero-order valence-corrected chi connectivity index (χ0v) is 14.1. The SMILES string of the molecule is Cn1cc(Cl)c(C(=O)N2CCCC(c3nc4ccccc4[nH]3)C2)n1. The third-order valence-corrected chi connectivity index (χ3v) is 4.77. The number of para-hydroxylation sites is 2. The van der Waals surface area contributed by atoms with E-state index in [9.17, 15) is 4.79 Å². The number of imidazole rings is 1. The highest BCUT2D eigenvalue weighted by Gasteiger charge is 2.29. The highest BCUT2D eigenvalue weighted by Crippen LogP contribution is 2.28. The van der Waals surface area contributed by atoms with Gasteiger partial charge in [0.2, 0.25) is 0 Å². The molecule has 6 nitrogen and oxygen atoms in total. The first kappa shape index (κ1) is 15.2. The molecule has 1 atom stereocenters. The summed E-state index contributed by atoms with van der Waals surface area (Å²) in [6.45, 7) is 1.36. The summed E-state index contributed by atoms with van der Waals surface area (Å²) in [4.78, 5) is 22.6. The van der Waals surface area contributed by atoms with Crippen molar-refractivity contribution >= 4 is 28.5 Å². The van der Waals surface area contributed by atoms with Gasteiger partial charge in [-0.05, 0) is 25.0 Å². The van der Waals surface area contributed by atoms with Crippen LogP contribution in [0.5, 0.6) is 0 Å². The lowest BCUT2D eigenvalue weighted by atomic mass is 9.97. The lowest BCUT2D eigenvalue weighted by Gasteiger charge is -2.31. The zero-order chi connectivity index (χ0) is 16.7. The first-order valence-corrected chi connectivity index (χ1v) is 8.42. The highest BCUT2D eigenvalue weighted by molar-refractivity contribution is 6.33. The predicted octanol–water partition coefficient (Wildman–Crippen LogP) is 2.97. The number of likely N-dealkylation sites (tertiary alicyclic amines) is 1. The van der Waals surface area contributed by atoms with Gasteiger partial charge in [0.15, 0.2) is 5.69 Å². The maximum absolute atomic E-state index is 12.7. The molecule has 0 radical (unpaired) electrons. The minimum atomic E-state index is -0.110. The second-order valence-electron chi connectivity index (χ2n) is 6.23. The first-order chi connectivity index (χ1) is 11.6. The molecule has 1 aliphatic rings. The molecule has 0 bridgehead atoms. The van der Waals surface area contributed by atoms with E-state index in [1.807, 2.05) is 29.2 Å². The van der Waals surface area contributed by atoms with Gasteiger partial charge >= 0.3 is 0 Å². The Labute approximate surface area is 144 Å². The molecule has 1 N–H and O–H groups in total. The number of hydrogen-bond acceptors (Lipinski definition) is 3. The summed E-state index contributed by atoms with van der Waals surface area (Å²) in [5.74, 6) is 1.04. The molecular weight excluding hydrogens is 326 g/mol. The van der Waals surface area contributed by atoms with Crippen LogP contribution in [0, 0.1) is 0 Å². The fourth-order valence-corrected chi connectivity index (χ4v) is 3.56. The molecule has 0 aliphatic carbocycles. The Balaban J connectivity index is 1.57. The molecule has 24 heavy (non-hydrogen) atoms. The third kappa shape index (κ3) is 2.67. The van der Waals surface area contributed by atoms with Gasteiger partial charge in [-0.2, -0.15) is 5.10 Å². The normalized spacial score (nSPS) is 18.2. The summed E-state index contributed by atoms with van der Waals surface area (Å²) in [5, 5.41) is 4.58. The number of aromatic amines is 1. The largest absolute Gasteiger partial charge is 0.342 e. The second kappa shape index (κ2) is 5.94. The van der Waals surface area contributed by atoms with Gasteiger partial charge in [-0.25, -0.2) is 4.98 Å². The summed E-state index contributed by atoms with van der Waals surface area (Å²) in [7, 11) is 1.76. The van der Waals surface area contributed by atoms with Gasteiger partial charge in [0, 0.05) is 32.3 Å². The summed E-state index contributed by atoms with van der Waals surface area (Å²) in [6, 6.07) is 7.98. The van der Waals surface area contributed by atoms with Crippen LogP contribution >= 0.6 is 11.6 Å². The van der Waals surface area contributed by atoms with Gasteiger partial charge in [-0.1, -0.05) is 23.7 Å². The average molecular weight is 344 g/mol. The van der Waals surface area contributed by atoms with Crippen molar-refractivity contribution in [3.63, 3.8) is 0 Å². The van der Waals surface area contributed by atoms with E-state index in [-0.39, 0.29) is 11.8 Å². The van der Waals surface area contributed by atoms with Crippen molar-refractivity contribution in [1.82, 2.24) is 24.6 Å². The zero-order valence-electron chi connectivity index (χ0n) is 13.4. The minimum Gasteiger partial charge on any atom is -0.342 e. The van der Waals surface area contributed by atoms with Crippen LogP contribution in [-0.4, -0.2) is 43.6 Å². The van der Waals surface area contributed by atoms with Crippen molar-refractivity contribution in [3.05, 3.63) is 47.0 Å². The minimum absolute atomic E-state index is 0.110. The van der Waals surface area contributed by atoms with E-state index >= 15 is 0 Å². The van der Waals surface area contributed by atoms with Gasteiger partial charge in [0.05, 0.1) is 16.1 Å². The van der Waals surface area contributed by atoms with Crippen LogP contribution in [-0.2, 0) is 7.05 Å². The van der Waals surface area contributed by atoms with Crippen LogP contribution in [0.25, 0.3) is 11.0 Å². The molecule has 1 fully saturated rings. The number of fused-ring (bicyclic) bond motifs is 1. The number of piperidine rings is 1. The number of carbonyl (C=O) groups excluding carboxylic acids is 1. The van der Waals surface area contributed by atoms with Crippen molar-refractivity contribution in [2.45, 2.75) is 18.8 Å². The van der Waals surface area contributed by atoms with E-state index in [1.165, 1.54) is 0 Å². The number of H-pyrrole nitrogens is 1. The van der Waals surface area contributed by atoms with Crippen molar-refractivity contribution in [2.75, 3.05) is 13.1 Å². The number of halogens is 1. The van der Waals surface area contributed by atoms with Crippen molar-refractivity contribution in [2.24, 2.45) is 7.05 Å². The van der Waals surface area contributed by atoms with Crippen LogP contribution in [0.3, 0.4) is 0 Å². The van der Waals surface area contributed by atoms with Gasteiger partial charge in [0.25, 0.3) is 5.91 Å². The van der Waals surface area contributed by atoms with Gasteiger partial charge in [-0.15, -0.1) is 0 Å². The lowest BCUT2D eigenvalue weighted by molar-refractivity contribution is 0.0698. The summed E-state index contributed by atoms with van der Waals surface area (Å²) >= 11 is 6.12. The number of rotatable bonds is 2. The first-order valence-electron chi connectivity index (χ1n) is 8.05. The van der Waals surface area contributed by atoms with Crippen LogP contribution in [0.4, 0.5) is 0 Å². The number of hydrogen-bond donors (Lipinski definition) is 1. The molecule has 1 saturated heterocycles. The smallest absolute Gasteiger partial charge is 0.275 e. The van der Waals surface area contributed by atoms with Crippen LogP contribution in [0.1, 0.15) is 35.1 Å². The molecule has 1 amide bonds. The quantitative estimate of drug-likeness (QED) is 0.777. The summed E-state index contributed by atoms with van der Waals surface area (Å²) in [5.41, 5.74) is 2.32. The van der Waals surface area contributed by atoms with Crippen molar-refractivity contribution < 1.29 is 4.79 Å². The van der Waals surface area contributed by atoms with E-state index in [2.05, 4.69) is 15.1 Å². The molecule has 2 aromatic heterocycles. The van der Waals surface area contributed by atoms with Crippen molar-refractivity contribution in [3.8, 4) is 0 Å². The molecule has 0 saturated carbocycles. The number of benzene rings is 1. The molecular formula is C17H18ClN5O. The number of amides is 1. The Morgan fingerprint density at radius 2 is 2.21 bits per heavy atom. The molecule has 3 aromatic rings. The number of aromatic nitrogens is 4. The molecule has 3 heterocycles. The van der Waals surface area contributed by atoms with E-state index in [4.69, 9.17) is 11.6 Å². The Hall–Kier alpha value is -2.34. The van der Waals surface area contributed by atoms with Crippen molar-refractivity contribution in [1.29, 1.82) is 0 Å². The maximum Gasteiger partial charge on any atom is 0.275 e. The number of nitrogens with one attached hydrogen (secondary N) is 1. The molecule has 4 rings (SSSR count). The Kier molecular flexibility index (Phi) is 3.76. The predicted molar refractivity (Wildman–Crippen MR) is 92.2 cm³/mol. The fourth-order valence-electron chi connectivity index (χ4n) is 3.30. The van der Waals surface area contributed by atoms with Gasteiger partial charge in [-0.3, -0.25) is 9.48 Å². The van der Waals surface area contributed by atoms with E-state index in [0.717, 1.165) is 36.2 Å². The molecule has 124 valence electrons. The topological polar surface area (TPSA) is 66.8 Å². The molecule has 0 spiro atoms. The van der Waals surface area contributed by atoms with Crippen LogP contribution in [0.2, 0.25) is 5.02 Å². The standard InChI is InChI=1S/C17H18ClN5O/c1-22-10-12(18)15(21-22)17(24)23-8-4-5-11(9-23)16-19-13-6-2-3-7-14(13)20-16/h2-3,6-7,10-11H,4-5,8-9H2,1H3,(H,19,20). The summed E-state index contributed by atoms with van der Waals surface area (Å²) in [6.07, 6.45) is 3.60. The van der Waals surface area contributed by atoms with Crippen LogP contribution < -0.4 is 0 Å². The average Bonchev–Trinajstić information content (AvgIpc) is 3.17. The summed E-state index contributed by atoms with van der Waals surface area (Å²) < 4.78 is 1.57. The van der Waals surface area contributed by atoms with Gasteiger partial charge in [0.1, 0.15) is 5.82 Å². The highest BCUT2D eigenvalue weighted by atomic mass is 35.5. The fraction of sp³-hybridized carbons (Fsp3) is 0.353. The molecule has 1 aliphatic heterocycles. The van der Waals surface area contributed by atoms with Gasteiger partial charge < -0.3 is 9.88 Å².